The fourth-order valence-electron chi connectivity index (χ4n) is 2.48. The van der Waals surface area contributed by atoms with Gasteiger partial charge in [-0.1, -0.05) is 15.9 Å². The van der Waals surface area contributed by atoms with E-state index in [2.05, 4.69) is 31.3 Å². The van der Waals surface area contributed by atoms with Gasteiger partial charge in [0, 0.05) is 22.6 Å². The number of nitrogens with one attached hydrogen (secondary N) is 1. The van der Waals surface area contributed by atoms with E-state index in [1.165, 1.54) is 10.7 Å². The Morgan fingerprint density at radius 1 is 1.19 bits per heavy atom. The largest absolute Gasteiger partial charge is 0.350 e. The molecule has 3 rings (SSSR count). The molecule has 0 fully saturated rings. The van der Waals surface area contributed by atoms with Crippen LogP contribution >= 0.6 is 27.3 Å². The molecular weight excluding hydrogens is 416 g/mol. The summed E-state index contributed by atoms with van der Waals surface area (Å²) in [7, 11) is 0. The van der Waals surface area contributed by atoms with Gasteiger partial charge in [-0.05, 0) is 44.2 Å². The molecule has 0 aliphatic rings. The van der Waals surface area contributed by atoms with Gasteiger partial charge in [-0.25, -0.2) is 9.67 Å². The molecule has 8 heteroatoms. The van der Waals surface area contributed by atoms with E-state index in [4.69, 9.17) is 0 Å². The summed E-state index contributed by atoms with van der Waals surface area (Å²) in [4.78, 5) is 29.5. The summed E-state index contributed by atoms with van der Waals surface area (Å²) in [5.41, 5.74) is 1.98. The lowest BCUT2D eigenvalue weighted by molar-refractivity contribution is 0.0951. The van der Waals surface area contributed by atoms with Crippen LogP contribution in [0.4, 0.5) is 0 Å². The number of aryl methyl sites for hydroxylation is 2. The van der Waals surface area contributed by atoms with Crippen LogP contribution in [0.1, 0.15) is 21.1 Å². The third-order valence-corrected chi connectivity index (χ3v) is 5.34. The number of carbonyl (C=O) groups excluding carboxylic acids is 1. The van der Waals surface area contributed by atoms with E-state index in [0.717, 1.165) is 20.1 Å². The molecule has 0 saturated heterocycles. The number of thiazole rings is 1. The van der Waals surface area contributed by atoms with Crippen molar-refractivity contribution in [1.82, 2.24) is 20.1 Å². The van der Waals surface area contributed by atoms with E-state index in [1.54, 1.807) is 29.5 Å². The zero-order valence-electron chi connectivity index (χ0n) is 14.3. The van der Waals surface area contributed by atoms with Gasteiger partial charge in [0.2, 0.25) is 0 Å². The number of hydrogen-bond donors (Lipinski definition) is 1. The van der Waals surface area contributed by atoms with Gasteiger partial charge in [-0.15, -0.1) is 11.3 Å². The Morgan fingerprint density at radius 3 is 2.58 bits per heavy atom. The van der Waals surface area contributed by atoms with Crippen LogP contribution in [0.5, 0.6) is 0 Å². The van der Waals surface area contributed by atoms with Crippen molar-refractivity contribution >= 4 is 33.2 Å². The van der Waals surface area contributed by atoms with Crippen LogP contribution in [-0.2, 0) is 6.54 Å². The van der Waals surface area contributed by atoms with Crippen molar-refractivity contribution in [3.05, 3.63) is 67.5 Å². The summed E-state index contributed by atoms with van der Waals surface area (Å²) in [5, 5.41) is 8.18. The molecule has 0 saturated carbocycles. The third kappa shape index (κ3) is 4.25. The van der Waals surface area contributed by atoms with Crippen molar-refractivity contribution in [3.63, 3.8) is 0 Å². The zero-order valence-corrected chi connectivity index (χ0v) is 16.7. The molecule has 6 nitrogen and oxygen atoms in total. The first-order chi connectivity index (χ1) is 12.4. The molecule has 0 aliphatic heterocycles. The monoisotopic (exact) mass is 432 g/mol. The van der Waals surface area contributed by atoms with Crippen LogP contribution in [0.15, 0.2) is 45.7 Å². The quantitative estimate of drug-likeness (QED) is 0.671. The second kappa shape index (κ2) is 7.92. The molecule has 0 unspecified atom stereocenters. The Kier molecular flexibility index (Phi) is 5.63. The highest BCUT2D eigenvalue weighted by Gasteiger charge is 2.11. The van der Waals surface area contributed by atoms with Gasteiger partial charge in [0.15, 0.2) is 0 Å². The molecule has 1 amide bonds. The highest BCUT2D eigenvalue weighted by atomic mass is 79.9. The van der Waals surface area contributed by atoms with Crippen molar-refractivity contribution in [2.24, 2.45) is 0 Å². The lowest BCUT2D eigenvalue weighted by atomic mass is 10.2. The minimum atomic E-state index is -0.203. The summed E-state index contributed by atoms with van der Waals surface area (Å²) < 4.78 is 2.28. The first-order valence-electron chi connectivity index (χ1n) is 8.00. The maximum atomic E-state index is 12.1. The Morgan fingerprint density at radius 2 is 1.92 bits per heavy atom. The summed E-state index contributed by atoms with van der Waals surface area (Å²) in [6.45, 7) is 4.47. The van der Waals surface area contributed by atoms with E-state index in [9.17, 15) is 9.59 Å². The van der Waals surface area contributed by atoms with E-state index in [0.29, 0.717) is 24.3 Å². The predicted molar refractivity (Wildman–Crippen MR) is 106 cm³/mol. The number of carbonyl (C=O) groups is 1. The second-order valence-corrected chi connectivity index (χ2v) is 7.81. The molecule has 1 N–H and O–H groups in total. The maximum Gasteiger partial charge on any atom is 0.266 e. The smallest absolute Gasteiger partial charge is 0.266 e. The average molecular weight is 433 g/mol. The third-order valence-electron chi connectivity index (χ3n) is 3.72. The molecule has 3 aromatic rings. The van der Waals surface area contributed by atoms with Crippen LogP contribution in [0, 0.1) is 13.8 Å². The number of hydrogen-bond acceptors (Lipinski definition) is 5. The fraction of sp³-hybridized carbons (Fsp3) is 0.222. The zero-order chi connectivity index (χ0) is 18.7. The van der Waals surface area contributed by atoms with Crippen molar-refractivity contribution in [1.29, 1.82) is 0 Å². The van der Waals surface area contributed by atoms with E-state index < -0.39 is 0 Å². The number of aromatic nitrogens is 3. The lowest BCUT2D eigenvalue weighted by Gasteiger charge is -2.08. The number of nitrogens with zero attached hydrogens (tertiary/aromatic N) is 3. The highest BCUT2D eigenvalue weighted by Crippen LogP contribution is 2.27. The Labute approximate surface area is 163 Å². The van der Waals surface area contributed by atoms with Crippen LogP contribution in [0.3, 0.4) is 0 Å². The number of halogens is 1. The van der Waals surface area contributed by atoms with Crippen molar-refractivity contribution in [2.75, 3.05) is 6.54 Å². The Hall–Kier alpha value is -2.32. The van der Waals surface area contributed by atoms with Gasteiger partial charge in [0.1, 0.15) is 5.69 Å². The molecule has 26 heavy (non-hydrogen) atoms. The Bertz CT molecular complexity index is 995. The van der Waals surface area contributed by atoms with Gasteiger partial charge in [0.05, 0.1) is 22.1 Å². The lowest BCUT2D eigenvalue weighted by Crippen LogP contribution is -2.31. The van der Waals surface area contributed by atoms with Crippen LogP contribution < -0.4 is 10.9 Å². The first-order valence-corrected chi connectivity index (χ1v) is 9.61. The molecule has 134 valence electrons. The first kappa shape index (κ1) is 18.5. The summed E-state index contributed by atoms with van der Waals surface area (Å²) in [6, 6.07) is 10.3. The standard InChI is InChI=1S/C18H17BrN4O2S/c1-11-17(26-12(2)21-11)15-7-8-16(24)23(22-15)10-9-20-18(25)13-3-5-14(19)6-4-13/h3-8H,9-10H2,1-2H3,(H,20,25). The van der Waals surface area contributed by atoms with Gasteiger partial charge in [-0.2, -0.15) is 5.10 Å². The minimum Gasteiger partial charge on any atom is -0.350 e. The van der Waals surface area contributed by atoms with Gasteiger partial charge in [-0.3, -0.25) is 9.59 Å². The molecule has 0 bridgehead atoms. The number of amides is 1. The molecule has 0 aliphatic carbocycles. The summed E-state index contributed by atoms with van der Waals surface area (Å²) in [5.74, 6) is -0.185. The number of rotatable bonds is 5. The van der Waals surface area contributed by atoms with Crippen LogP contribution in [0.25, 0.3) is 10.6 Å². The average Bonchev–Trinajstić information content (AvgIpc) is 2.95. The topological polar surface area (TPSA) is 76.9 Å². The minimum absolute atomic E-state index is 0.185. The van der Waals surface area contributed by atoms with E-state index in [-0.39, 0.29) is 11.5 Å². The fourth-order valence-corrected chi connectivity index (χ4v) is 3.63. The van der Waals surface area contributed by atoms with Crippen molar-refractivity contribution in [3.8, 4) is 10.6 Å². The van der Waals surface area contributed by atoms with Gasteiger partial charge >= 0.3 is 0 Å². The maximum absolute atomic E-state index is 12.1. The predicted octanol–water partition coefficient (Wildman–Crippen LogP) is 3.18. The highest BCUT2D eigenvalue weighted by molar-refractivity contribution is 9.10. The molecule has 0 atom stereocenters. The van der Waals surface area contributed by atoms with Crippen molar-refractivity contribution < 1.29 is 4.79 Å². The second-order valence-electron chi connectivity index (χ2n) is 5.69. The SMILES string of the molecule is Cc1nc(C)c(-c2ccc(=O)n(CCNC(=O)c3ccc(Br)cc3)n2)s1. The summed E-state index contributed by atoms with van der Waals surface area (Å²) >= 11 is 4.88. The normalized spacial score (nSPS) is 10.7. The molecule has 2 aromatic heterocycles. The van der Waals surface area contributed by atoms with Gasteiger partial charge in [0.25, 0.3) is 11.5 Å². The number of benzene rings is 1. The Balaban J connectivity index is 1.69. The molecule has 1 aromatic carbocycles. The van der Waals surface area contributed by atoms with Crippen LogP contribution in [0.2, 0.25) is 0 Å². The molecular formula is C18H17BrN4O2S. The molecule has 0 radical (unpaired) electrons. The van der Waals surface area contributed by atoms with E-state index >= 15 is 0 Å². The van der Waals surface area contributed by atoms with E-state index in [1.807, 2.05) is 26.0 Å². The van der Waals surface area contributed by atoms with Crippen LogP contribution in [-0.4, -0.2) is 27.2 Å². The van der Waals surface area contributed by atoms with Crippen molar-refractivity contribution in [2.45, 2.75) is 20.4 Å². The van der Waals surface area contributed by atoms with Gasteiger partial charge < -0.3 is 5.32 Å². The molecule has 0 spiro atoms. The molecule has 2 heterocycles. The summed E-state index contributed by atoms with van der Waals surface area (Å²) in [6.07, 6.45) is 0.